The summed E-state index contributed by atoms with van der Waals surface area (Å²) < 4.78 is 11.2. The van der Waals surface area contributed by atoms with Gasteiger partial charge in [0.25, 0.3) is 0 Å². The van der Waals surface area contributed by atoms with Gasteiger partial charge in [-0.1, -0.05) is 19.3 Å². The van der Waals surface area contributed by atoms with Gasteiger partial charge in [-0.05, 0) is 25.0 Å². The Morgan fingerprint density at radius 1 is 0.960 bits per heavy atom. The van der Waals surface area contributed by atoms with Crippen LogP contribution in [0.4, 0.5) is 23.0 Å². The first kappa shape index (κ1) is 15.8. The lowest BCUT2D eigenvalue weighted by atomic mass is 9.95. The molecule has 25 heavy (non-hydrogen) atoms. The Kier molecular flexibility index (Phi) is 4.45. The highest BCUT2D eigenvalue weighted by Crippen LogP contribution is 2.35. The maximum atomic E-state index is 6.28. The van der Waals surface area contributed by atoms with Crippen molar-refractivity contribution in [1.29, 1.82) is 0 Å². The second-order valence-electron chi connectivity index (χ2n) is 6.45. The molecular weight excluding hydrogens is 318 g/mol. The number of nitrogens with zero attached hydrogens (tertiary/aromatic N) is 2. The maximum Gasteiger partial charge on any atom is 0.163 e. The van der Waals surface area contributed by atoms with Gasteiger partial charge in [-0.3, -0.25) is 0 Å². The molecule has 2 aliphatic rings. The van der Waals surface area contributed by atoms with Gasteiger partial charge in [-0.15, -0.1) is 0 Å². The van der Waals surface area contributed by atoms with Crippen molar-refractivity contribution in [3.05, 3.63) is 24.5 Å². The monoisotopic (exact) mass is 341 g/mol. The summed E-state index contributed by atoms with van der Waals surface area (Å²) in [6.07, 6.45) is 7.68. The summed E-state index contributed by atoms with van der Waals surface area (Å²) in [7, 11) is 0. The predicted molar refractivity (Wildman–Crippen MR) is 97.7 cm³/mol. The van der Waals surface area contributed by atoms with Crippen LogP contribution in [-0.4, -0.2) is 29.2 Å². The molecule has 0 atom stereocenters. The fourth-order valence-corrected chi connectivity index (χ4v) is 3.31. The van der Waals surface area contributed by atoms with Crippen molar-refractivity contribution in [2.24, 2.45) is 0 Å². The van der Waals surface area contributed by atoms with Gasteiger partial charge in [-0.2, -0.15) is 0 Å². The number of anilines is 4. The molecule has 0 amide bonds. The third-order valence-corrected chi connectivity index (χ3v) is 4.63. The maximum absolute atomic E-state index is 6.28. The van der Waals surface area contributed by atoms with Crippen molar-refractivity contribution in [2.75, 3.05) is 29.6 Å². The van der Waals surface area contributed by atoms with Crippen molar-refractivity contribution >= 4 is 23.0 Å². The molecule has 1 fully saturated rings. The number of nitrogens with one attached hydrogen (secondary N) is 2. The molecule has 0 spiro atoms. The zero-order valence-corrected chi connectivity index (χ0v) is 14.1. The number of hydrogen-bond donors (Lipinski definition) is 3. The first-order valence-corrected chi connectivity index (χ1v) is 8.83. The number of nitrogen functional groups attached to an aromatic ring is 1. The SMILES string of the molecule is Nc1c(Nc2ccc3c(c2)OCCO3)ncnc1NC1CCCCC1. The van der Waals surface area contributed by atoms with Crippen LogP contribution in [0.2, 0.25) is 0 Å². The van der Waals surface area contributed by atoms with Gasteiger partial charge in [0.15, 0.2) is 23.1 Å². The Bertz CT molecular complexity index is 746. The highest BCUT2D eigenvalue weighted by molar-refractivity contribution is 5.78. The summed E-state index contributed by atoms with van der Waals surface area (Å²) in [6, 6.07) is 6.14. The Balaban J connectivity index is 1.51. The van der Waals surface area contributed by atoms with Crippen LogP contribution >= 0.6 is 0 Å². The largest absolute Gasteiger partial charge is 0.486 e. The Labute approximate surface area is 147 Å². The molecule has 7 heteroatoms. The number of aromatic nitrogens is 2. The van der Waals surface area contributed by atoms with Crippen molar-refractivity contribution < 1.29 is 9.47 Å². The van der Waals surface area contributed by atoms with Crippen molar-refractivity contribution in [3.8, 4) is 11.5 Å². The standard InChI is InChI=1S/C18H23N5O2/c19-16-17(22-12-4-2-1-3-5-12)20-11-21-18(16)23-13-6-7-14-15(10-13)25-9-8-24-14/h6-7,10-12H,1-5,8-9,19H2,(H2,20,21,22,23). The lowest BCUT2D eigenvalue weighted by Gasteiger charge is -2.24. The molecule has 1 aromatic heterocycles. The molecule has 1 aliphatic carbocycles. The molecule has 0 bridgehead atoms. The Hall–Kier alpha value is -2.70. The topological polar surface area (TPSA) is 94.3 Å². The number of ether oxygens (including phenoxy) is 2. The number of benzene rings is 1. The zero-order valence-electron chi connectivity index (χ0n) is 14.1. The minimum absolute atomic E-state index is 0.438. The zero-order chi connectivity index (χ0) is 17.1. The van der Waals surface area contributed by atoms with Crippen molar-refractivity contribution in [3.63, 3.8) is 0 Å². The molecule has 2 aromatic rings. The Morgan fingerprint density at radius 2 is 1.72 bits per heavy atom. The average Bonchev–Trinajstić information content (AvgIpc) is 2.66. The third-order valence-electron chi connectivity index (χ3n) is 4.63. The quantitative estimate of drug-likeness (QED) is 0.785. The van der Waals surface area contributed by atoms with Crippen molar-refractivity contribution in [2.45, 2.75) is 38.1 Å². The molecule has 1 aromatic carbocycles. The van der Waals surface area contributed by atoms with Gasteiger partial charge in [0.05, 0.1) is 0 Å². The van der Waals surface area contributed by atoms with E-state index < -0.39 is 0 Å². The third kappa shape index (κ3) is 3.55. The van der Waals surface area contributed by atoms with Crippen molar-refractivity contribution in [1.82, 2.24) is 9.97 Å². The highest BCUT2D eigenvalue weighted by atomic mass is 16.6. The highest BCUT2D eigenvalue weighted by Gasteiger charge is 2.17. The average molecular weight is 341 g/mol. The molecule has 4 rings (SSSR count). The van der Waals surface area contributed by atoms with E-state index in [1.54, 1.807) is 0 Å². The van der Waals surface area contributed by atoms with E-state index in [0.717, 1.165) is 30.0 Å². The van der Waals surface area contributed by atoms with Gasteiger partial charge < -0.3 is 25.8 Å². The molecule has 0 unspecified atom stereocenters. The number of hydrogen-bond acceptors (Lipinski definition) is 7. The van der Waals surface area contributed by atoms with Gasteiger partial charge in [0.2, 0.25) is 0 Å². The van der Waals surface area contributed by atoms with Gasteiger partial charge in [0.1, 0.15) is 25.2 Å². The predicted octanol–water partition coefficient (Wildman–Crippen LogP) is 3.32. The fourth-order valence-electron chi connectivity index (χ4n) is 3.31. The molecule has 0 radical (unpaired) electrons. The lowest BCUT2D eigenvalue weighted by Crippen LogP contribution is -2.23. The Morgan fingerprint density at radius 3 is 2.56 bits per heavy atom. The van der Waals surface area contributed by atoms with Gasteiger partial charge >= 0.3 is 0 Å². The van der Waals surface area contributed by atoms with Gasteiger partial charge in [-0.25, -0.2) is 9.97 Å². The number of nitrogens with two attached hydrogens (primary N) is 1. The molecule has 1 saturated carbocycles. The van der Waals surface area contributed by atoms with Crippen LogP contribution in [-0.2, 0) is 0 Å². The first-order chi connectivity index (χ1) is 12.3. The fraction of sp³-hybridized carbons (Fsp3) is 0.444. The van der Waals surface area contributed by atoms with Crippen LogP contribution in [0.5, 0.6) is 11.5 Å². The van der Waals surface area contributed by atoms with E-state index in [1.165, 1.54) is 25.6 Å². The molecule has 7 nitrogen and oxygen atoms in total. The summed E-state index contributed by atoms with van der Waals surface area (Å²) >= 11 is 0. The summed E-state index contributed by atoms with van der Waals surface area (Å²) in [6.45, 7) is 1.14. The summed E-state index contributed by atoms with van der Waals surface area (Å²) in [4.78, 5) is 8.59. The number of rotatable bonds is 4. The van der Waals surface area contributed by atoms with Gasteiger partial charge in [0, 0.05) is 17.8 Å². The van der Waals surface area contributed by atoms with Crippen LogP contribution in [0.3, 0.4) is 0 Å². The van der Waals surface area contributed by atoms with E-state index in [9.17, 15) is 0 Å². The molecule has 1 aliphatic heterocycles. The number of fused-ring (bicyclic) bond motifs is 1. The van der Waals surface area contributed by atoms with Crippen LogP contribution in [0.15, 0.2) is 24.5 Å². The summed E-state index contributed by atoms with van der Waals surface area (Å²) in [5, 5.41) is 6.71. The smallest absolute Gasteiger partial charge is 0.163 e. The lowest BCUT2D eigenvalue weighted by molar-refractivity contribution is 0.171. The molecule has 4 N–H and O–H groups in total. The second-order valence-corrected chi connectivity index (χ2v) is 6.45. The van der Waals surface area contributed by atoms with E-state index in [-0.39, 0.29) is 0 Å². The van der Waals surface area contributed by atoms with E-state index in [0.29, 0.717) is 36.6 Å². The van der Waals surface area contributed by atoms with E-state index in [4.69, 9.17) is 15.2 Å². The molecule has 132 valence electrons. The van der Waals surface area contributed by atoms with E-state index in [2.05, 4.69) is 20.6 Å². The van der Waals surface area contributed by atoms with E-state index in [1.807, 2.05) is 18.2 Å². The van der Waals surface area contributed by atoms with Crippen LogP contribution in [0.25, 0.3) is 0 Å². The second kappa shape index (κ2) is 7.04. The summed E-state index contributed by atoms with van der Waals surface area (Å²) in [5.74, 6) is 2.77. The van der Waals surface area contributed by atoms with Crippen LogP contribution < -0.4 is 25.8 Å². The molecular formula is C18H23N5O2. The minimum Gasteiger partial charge on any atom is -0.486 e. The van der Waals surface area contributed by atoms with E-state index >= 15 is 0 Å². The summed E-state index contributed by atoms with van der Waals surface area (Å²) in [5.41, 5.74) is 7.66. The normalized spacial score (nSPS) is 17.1. The van der Waals surface area contributed by atoms with Crippen LogP contribution in [0.1, 0.15) is 32.1 Å². The molecule has 2 heterocycles. The van der Waals surface area contributed by atoms with Crippen LogP contribution in [0, 0.1) is 0 Å². The first-order valence-electron chi connectivity index (χ1n) is 8.83. The minimum atomic E-state index is 0.438. The molecule has 0 saturated heterocycles.